The van der Waals surface area contributed by atoms with E-state index in [0.717, 1.165) is 63.7 Å². The highest BCUT2D eigenvalue weighted by Crippen LogP contribution is 2.16. The van der Waals surface area contributed by atoms with Gasteiger partial charge < -0.3 is 14.2 Å². The molecule has 0 amide bonds. The molecule has 1 atom stereocenters. The maximum Gasteiger partial charge on any atom is 0.306 e. The third-order valence-corrected chi connectivity index (χ3v) is 10.5. The van der Waals surface area contributed by atoms with E-state index in [4.69, 9.17) is 14.2 Å². The van der Waals surface area contributed by atoms with E-state index in [1.165, 1.54) is 154 Å². The van der Waals surface area contributed by atoms with Gasteiger partial charge >= 0.3 is 17.9 Å². The molecule has 0 bridgehead atoms. The Hall–Kier alpha value is -1.59. The van der Waals surface area contributed by atoms with Gasteiger partial charge in [0.25, 0.3) is 0 Å². The number of hydrogen-bond donors (Lipinski definition) is 0. The first-order valence-electron chi connectivity index (χ1n) is 23.4. The minimum absolute atomic E-state index is 0.0652. The van der Waals surface area contributed by atoms with Crippen molar-refractivity contribution in [3.63, 3.8) is 0 Å². The Morgan fingerprint density at radius 2 is 0.623 bits per heavy atom. The van der Waals surface area contributed by atoms with Crippen LogP contribution >= 0.6 is 0 Å². The summed E-state index contributed by atoms with van der Waals surface area (Å²) in [6, 6.07) is 0. The van der Waals surface area contributed by atoms with Crippen LogP contribution in [0.5, 0.6) is 0 Å². The summed E-state index contributed by atoms with van der Waals surface area (Å²) in [5.74, 6) is -0.106. The lowest BCUT2D eigenvalue weighted by Crippen LogP contribution is -2.30. The van der Waals surface area contributed by atoms with E-state index in [0.29, 0.717) is 19.3 Å². The molecule has 0 heterocycles. The first kappa shape index (κ1) is 51.4. The van der Waals surface area contributed by atoms with Gasteiger partial charge in [0.15, 0.2) is 6.10 Å². The Morgan fingerprint density at radius 1 is 0.358 bits per heavy atom. The van der Waals surface area contributed by atoms with E-state index in [1.54, 1.807) is 0 Å². The van der Waals surface area contributed by atoms with Gasteiger partial charge in [-0.05, 0) is 25.2 Å². The van der Waals surface area contributed by atoms with E-state index in [1.807, 2.05) is 0 Å². The number of carbonyl (C=O) groups excluding carboxylic acids is 3. The Labute approximate surface area is 329 Å². The molecule has 314 valence electrons. The largest absolute Gasteiger partial charge is 0.462 e. The zero-order valence-electron chi connectivity index (χ0n) is 36.0. The maximum absolute atomic E-state index is 12.6. The molecule has 0 aromatic rings. The van der Waals surface area contributed by atoms with Crippen molar-refractivity contribution >= 4 is 17.9 Å². The smallest absolute Gasteiger partial charge is 0.306 e. The summed E-state index contributed by atoms with van der Waals surface area (Å²) in [4.78, 5) is 37.5. The normalized spacial score (nSPS) is 11.9. The van der Waals surface area contributed by atoms with E-state index >= 15 is 0 Å². The van der Waals surface area contributed by atoms with Gasteiger partial charge in [0, 0.05) is 19.3 Å². The van der Waals surface area contributed by atoms with Crippen LogP contribution in [0.1, 0.15) is 259 Å². The minimum Gasteiger partial charge on any atom is -0.462 e. The Bertz CT molecular complexity index is 796. The molecule has 0 spiro atoms. The summed E-state index contributed by atoms with van der Waals surface area (Å²) in [6.45, 7) is 8.89. The number of carbonyl (C=O) groups is 3. The van der Waals surface area contributed by atoms with E-state index in [-0.39, 0.29) is 31.1 Å². The van der Waals surface area contributed by atoms with Gasteiger partial charge in [-0.3, -0.25) is 14.4 Å². The molecule has 0 radical (unpaired) electrons. The molecule has 53 heavy (non-hydrogen) atoms. The highest BCUT2D eigenvalue weighted by atomic mass is 16.6. The highest BCUT2D eigenvalue weighted by molar-refractivity contribution is 5.71. The SMILES string of the molecule is CCCCCCCCCCCCCCCCCCCCCC(=O)OC[C@@H](COC(=O)CCCCCCCCC)OC(=O)CCCCCCCCC(C)C. The van der Waals surface area contributed by atoms with E-state index in [9.17, 15) is 14.4 Å². The number of ether oxygens (including phenoxy) is 3. The van der Waals surface area contributed by atoms with Crippen LogP contribution in [0.3, 0.4) is 0 Å². The minimum atomic E-state index is -0.759. The van der Waals surface area contributed by atoms with Crippen molar-refractivity contribution in [3.8, 4) is 0 Å². The van der Waals surface area contributed by atoms with Gasteiger partial charge in [-0.25, -0.2) is 0 Å². The van der Waals surface area contributed by atoms with Crippen LogP contribution in [0.2, 0.25) is 0 Å². The molecule has 6 nitrogen and oxygen atoms in total. The van der Waals surface area contributed by atoms with Crippen LogP contribution in [0.25, 0.3) is 0 Å². The van der Waals surface area contributed by atoms with Crippen LogP contribution in [-0.4, -0.2) is 37.2 Å². The van der Waals surface area contributed by atoms with Gasteiger partial charge in [0.2, 0.25) is 0 Å². The number of unbranched alkanes of at least 4 members (excludes halogenated alkanes) is 29. The molecular formula is C47H90O6. The molecule has 0 N–H and O–H groups in total. The first-order valence-corrected chi connectivity index (χ1v) is 23.4. The molecule has 0 saturated carbocycles. The zero-order valence-corrected chi connectivity index (χ0v) is 36.0. The summed E-state index contributed by atoms with van der Waals surface area (Å²) in [5.41, 5.74) is 0. The van der Waals surface area contributed by atoms with Crippen molar-refractivity contribution in [2.75, 3.05) is 13.2 Å². The van der Waals surface area contributed by atoms with Gasteiger partial charge in [-0.2, -0.15) is 0 Å². The van der Waals surface area contributed by atoms with Gasteiger partial charge in [-0.15, -0.1) is 0 Å². The third-order valence-electron chi connectivity index (χ3n) is 10.5. The molecule has 0 aliphatic carbocycles. The fraction of sp³-hybridized carbons (Fsp3) is 0.936. The lowest BCUT2D eigenvalue weighted by atomic mass is 10.0. The van der Waals surface area contributed by atoms with Crippen LogP contribution < -0.4 is 0 Å². The van der Waals surface area contributed by atoms with Crippen molar-refractivity contribution in [1.82, 2.24) is 0 Å². The number of rotatable bonds is 42. The molecule has 0 fully saturated rings. The van der Waals surface area contributed by atoms with Gasteiger partial charge in [-0.1, -0.05) is 220 Å². The second kappa shape index (κ2) is 41.6. The first-order chi connectivity index (χ1) is 25.9. The Balaban J connectivity index is 4.13. The summed E-state index contributed by atoms with van der Waals surface area (Å²) in [6.07, 6.45) is 41.2. The van der Waals surface area contributed by atoms with Crippen molar-refractivity contribution in [2.24, 2.45) is 5.92 Å². The molecule has 0 unspecified atom stereocenters. The molecule has 6 heteroatoms. The topological polar surface area (TPSA) is 78.9 Å². The predicted octanol–water partition coefficient (Wildman–Crippen LogP) is 14.7. The zero-order chi connectivity index (χ0) is 38.9. The highest BCUT2D eigenvalue weighted by Gasteiger charge is 2.19. The second-order valence-corrected chi connectivity index (χ2v) is 16.5. The average molecular weight is 751 g/mol. The average Bonchev–Trinajstić information content (AvgIpc) is 3.14. The fourth-order valence-corrected chi connectivity index (χ4v) is 6.98. The van der Waals surface area contributed by atoms with Crippen molar-refractivity contribution < 1.29 is 28.6 Å². The second-order valence-electron chi connectivity index (χ2n) is 16.5. The number of hydrogen-bond acceptors (Lipinski definition) is 6. The molecule has 0 aromatic carbocycles. The standard InChI is InChI=1S/C47H90O6/c1-5-7-9-11-13-14-15-16-17-18-19-20-21-22-23-24-26-31-35-39-46(49)52-42-44(41-51-45(48)38-34-30-25-12-10-8-6-2)53-47(50)40-36-32-28-27-29-33-37-43(3)4/h43-44H,5-42H2,1-4H3/t44-/m1/s1. The van der Waals surface area contributed by atoms with Crippen LogP contribution in [-0.2, 0) is 28.6 Å². The molecule has 0 aliphatic heterocycles. The Morgan fingerprint density at radius 3 is 0.925 bits per heavy atom. The summed E-state index contributed by atoms with van der Waals surface area (Å²) >= 11 is 0. The van der Waals surface area contributed by atoms with Crippen LogP contribution in [0, 0.1) is 5.92 Å². The van der Waals surface area contributed by atoms with Crippen molar-refractivity contribution in [2.45, 2.75) is 265 Å². The van der Waals surface area contributed by atoms with E-state index in [2.05, 4.69) is 27.7 Å². The number of esters is 3. The third kappa shape index (κ3) is 41.4. The summed E-state index contributed by atoms with van der Waals surface area (Å²) < 4.78 is 16.6. The monoisotopic (exact) mass is 751 g/mol. The fourth-order valence-electron chi connectivity index (χ4n) is 6.98. The van der Waals surface area contributed by atoms with Crippen LogP contribution in [0.15, 0.2) is 0 Å². The quantitative estimate of drug-likeness (QED) is 0.0351. The Kier molecular flexibility index (Phi) is 40.3. The lowest BCUT2D eigenvalue weighted by Gasteiger charge is -2.18. The molecule has 0 saturated heterocycles. The predicted molar refractivity (Wildman–Crippen MR) is 224 cm³/mol. The maximum atomic E-state index is 12.6. The molecule has 0 aliphatic rings. The summed E-state index contributed by atoms with van der Waals surface area (Å²) in [5, 5.41) is 0. The van der Waals surface area contributed by atoms with Crippen molar-refractivity contribution in [1.29, 1.82) is 0 Å². The van der Waals surface area contributed by atoms with E-state index < -0.39 is 6.10 Å². The van der Waals surface area contributed by atoms with Crippen molar-refractivity contribution in [3.05, 3.63) is 0 Å². The molecule has 0 aromatic heterocycles. The molecular weight excluding hydrogens is 661 g/mol. The van der Waals surface area contributed by atoms with Gasteiger partial charge in [0.1, 0.15) is 13.2 Å². The van der Waals surface area contributed by atoms with Crippen LogP contribution in [0.4, 0.5) is 0 Å². The lowest BCUT2D eigenvalue weighted by molar-refractivity contribution is -0.167. The summed E-state index contributed by atoms with van der Waals surface area (Å²) in [7, 11) is 0. The van der Waals surface area contributed by atoms with Gasteiger partial charge in [0.05, 0.1) is 0 Å². The molecule has 0 rings (SSSR count).